The molecule has 0 saturated heterocycles. The fourth-order valence-electron chi connectivity index (χ4n) is 3.65. The largest absolute Gasteiger partial charge is 0.493 e. The number of thioether (sulfide) groups is 1. The molecule has 1 amide bonds. The zero-order chi connectivity index (χ0) is 24.1. The SMILES string of the molecule is CCN(CC)C(=O)CSc1nc2c(OC)c(OC)c(OC)cc2c(=O)n1-c1cccc(C)c1. The first kappa shape index (κ1) is 24.4. The van der Waals surface area contributed by atoms with Crippen molar-refractivity contribution in [3.63, 3.8) is 0 Å². The Morgan fingerprint density at radius 2 is 1.76 bits per heavy atom. The zero-order valence-electron chi connectivity index (χ0n) is 19.8. The number of ether oxygens (including phenoxy) is 3. The van der Waals surface area contributed by atoms with E-state index in [0.29, 0.717) is 52.1 Å². The minimum absolute atomic E-state index is 0.0191. The first-order chi connectivity index (χ1) is 15.9. The number of nitrogens with zero attached hydrogens (tertiary/aromatic N) is 3. The molecule has 0 aliphatic rings. The summed E-state index contributed by atoms with van der Waals surface area (Å²) in [5, 5.41) is 0.717. The molecule has 0 aliphatic carbocycles. The maximum atomic E-state index is 13.8. The number of amides is 1. The molecule has 0 atom stereocenters. The lowest BCUT2D eigenvalue weighted by Crippen LogP contribution is -2.32. The maximum absolute atomic E-state index is 13.8. The molecule has 0 spiro atoms. The van der Waals surface area contributed by atoms with Gasteiger partial charge in [-0.25, -0.2) is 4.98 Å². The zero-order valence-corrected chi connectivity index (χ0v) is 20.6. The van der Waals surface area contributed by atoms with E-state index in [1.54, 1.807) is 11.0 Å². The molecule has 0 unspecified atom stereocenters. The van der Waals surface area contributed by atoms with Crippen molar-refractivity contribution in [3.05, 3.63) is 46.2 Å². The standard InChI is InChI=1S/C24H29N3O5S/c1-7-26(8-2)19(28)14-33-24-25-20-17(13-18(30-4)21(31-5)22(20)32-6)23(29)27(24)16-11-9-10-15(3)12-16/h9-13H,7-8,14H2,1-6H3. The molecule has 176 valence electrons. The van der Waals surface area contributed by atoms with Gasteiger partial charge in [-0.15, -0.1) is 0 Å². The molecule has 2 aromatic carbocycles. The lowest BCUT2D eigenvalue weighted by Gasteiger charge is -2.20. The lowest BCUT2D eigenvalue weighted by atomic mass is 10.2. The molecule has 1 aromatic heterocycles. The predicted molar refractivity (Wildman–Crippen MR) is 130 cm³/mol. The van der Waals surface area contributed by atoms with Crippen LogP contribution in [0.3, 0.4) is 0 Å². The second-order valence-electron chi connectivity index (χ2n) is 7.27. The fourth-order valence-corrected chi connectivity index (χ4v) is 4.56. The molecule has 3 aromatic rings. The van der Waals surface area contributed by atoms with Crippen LogP contribution in [0.4, 0.5) is 0 Å². The number of fused-ring (bicyclic) bond motifs is 1. The normalized spacial score (nSPS) is 10.8. The van der Waals surface area contributed by atoms with Crippen molar-refractivity contribution in [1.82, 2.24) is 14.5 Å². The summed E-state index contributed by atoms with van der Waals surface area (Å²) in [5.41, 5.74) is 1.73. The van der Waals surface area contributed by atoms with Gasteiger partial charge in [0.25, 0.3) is 5.56 Å². The van der Waals surface area contributed by atoms with Crippen LogP contribution in [0.2, 0.25) is 0 Å². The molecule has 0 N–H and O–H groups in total. The van der Waals surface area contributed by atoms with E-state index in [0.717, 1.165) is 5.56 Å². The first-order valence-electron chi connectivity index (χ1n) is 10.6. The van der Waals surface area contributed by atoms with Crippen LogP contribution in [0.25, 0.3) is 16.6 Å². The van der Waals surface area contributed by atoms with Crippen LogP contribution in [0.15, 0.2) is 40.3 Å². The summed E-state index contributed by atoms with van der Waals surface area (Å²) in [4.78, 5) is 32.9. The van der Waals surface area contributed by atoms with Gasteiger partial charge in [-0.2, -0.15) is 0 Å². The topological polar surface area (TPSA) is 82.9 Å². The number of rotatable bonds is 9. The molecule has 33 heavy (non-hydrogen) atoms. The van der Waals surface area contributed by atoms with E-state index in [1.165, 1.54) is 37.7 Å². The Kier molecular flexibility index (Phi) is 7.86. The summed E-state index contributed by atoms with van der Waals surface area (Å²) >= 11 is 1.22. The number of carbonyl (C=O) groups is 1. The van der Waals surface area contributed by atoms with Gasteiger partial charge in [0, 0.05) is 13.1 Å². The third-order valence-electron chi connectivity index (χ3n) is 5.34. The van der Waals surface area contributed by atoms with Crippen molar-refractivity contribution in [3.8, 4) is 22.9 Å². The number of hydrogen-bond donors (Lipinski definition) is 0. The molecule has 0 aliphatic heterocycles. The van der Waals surface area contributed by atoms with E-state index in [-0.39, 0.29) is 17.2 Å². The Bertz CT molecular complexity index is 1220. The third kappa shape index (κ3) is 4.78. The summed E-state index contributed by atoms with van der Waals surface area (Å²) in [6, 6.07) is 9.19. The lowest BCUT2D eigenvalue weighted by molar-refractivity contribution is -0.127. The second kappa shape index (κ2) is 10.6. The number of hydrogen-bond acceptors (Lipinski definition) is 7. The van der Waals surface area contributed by atoms with Gasteiger partial charge < -0.3 is 19.1 Å². The molecule has 1 heterocycles. The average molecular weight is 472 g/mol. The molecule has 8 nitrogen and oxygen atoms in total. The molecule has 3 rings (SSSR count). The Hall–Kier alpha value is -3.20. The molecular weight excluding hydrogens is 442 g/mol. The van der Waals surface area contributed by atoms with Gasteiger partial charge in [-0.3, -0.25) is 14.2 Å². The van der Waals surface area contributed by atoms with Crippen molar-refractivity contribution in [2.75, 3.05) is 40.2 Å². The van der Waals surface area contributed by atoms with Crippen molar-refractivity contribution in [1.29, 1.82) is 0 Å². The second-order valence-corrected chi connectivity index (χ2v) is 8.21. The van der Waals surface area contributed by atoms with Crippen molar-refractivity contribution in [2.24, 2.45) is 0 Å². The molecular formula is C24H29N3O5S. The maximum Gasteiger partial charge on any atom is 0.266 e. The number of benzene rings is 2. The van der Waals surface area contributed by atoms with Crippen LogP contribution >= 0.6 is 11.8 Å². The van der Waals surface area contributed by atoms with Crippen LogP contribution in [-0.4, -0.2) is 60.5 Å². The van der Waals surface area contributed by atoms with Crippen LogP contribution in [0.5, 0.6) is 17.2 Å². The minimum Gasteiger partial charge on any atom is -0.493 e. The molecule has 0 bridgehead atoms. The van der Waals surface area contributed by atoms with Gasteiger partial charge in [0.15, 0.2) is 16.7 Å². The van der Waals surface area contributed by atoms with E-state index >= 15 is 0 Å². The van der Waals surface area contributed by atoms with Gasteiger partial charge in [0.1, 0.15) is 5.52 Å². The molecule has 9 heteroatoms. The quantitative estimate of drug-likeness (QED) is 0.348. The van der Waals surface area contributed by atoms with E-state index in [9.17, 15) is 9.59 Å². The van der Waals surface area contributed by atoms with Crippen LogP contribution in [0.1, 0.15) is 19.4 Å². The minimum atomic E-state index is -0.289. The van der Waals surface area contributed by atoms with E-state index in [4.69, 9.17) is 19.2 Å². The number of methoxy groups -OCH3 is 3. The van der Waals surface area contributed by atoms with Crippen LogP contribution < -0.4 is 19.8 Å². The Balaban J connectivity index is 2.28. The average Bonchev–Trinajstić information content (AvgIpc) is 2.82. The Labute approximate surface area is 197 Å². The van der Waals surface area contributed by atoms with E-state index in [1.807, 2.05) is 45.0 Å². The van der Waals surface area contributed by atoms with Gasteiger partial charge in [0.2, 0.25) is 11.7 Å². The summed E-state index contributed by atoms with van der Waals surface area (Å²) < 4.78 is 18.0. The van der Waals surface area contributed by atoms with Crippen molar-refractivity contribution < 1.29 is 19.0 Å². The summed E-state index contributed by atoms with van der Waals surface area (Å²) in [5.74, 6) is 1.16. The highest BCUT2D eigenvalue weighted by molar-refractivity contribution is 7.99. The summed E-state index contributed by atoms with van der Waals surface area (Å²) in [7, 11) is 4.48. The monoisotopic (exact) mass is 471 g/mol. The fraction of sp³-hybridized carbons (Fsp3) is 0.375. The number of aromatic nitrogens is 2. The first-order valence-corrected chi connectivity index (χ1v) is 11.6. The number of carbonyl (C=O) groups excluding carboxylic acids is 1. The van der Waals surface area contributed by atoms with Crippen LogP contribution in [0, 0.1) is 6.92 Å². The summed E-state index contributed by atoms with van der Waals surface area (Å²) in [6.07, 6.45) is 0. The highest BCUT2D eigenvalue weighted by atomic mass is 32.2. The van der Waals surface area contributed by atoms with E-state index in [2.05, 4.69) is 0 Å². The van der Waals surface area contributed by atoms with Crippen molar-refractivity contribution >= 4 is 28.6 Å². The van der Waals surface area contributed by atoms with Gasteiger partial charge in [-0.1, -0.05) is 23.9 Å². The third-order valence-corrected chi connectivity index (χ3v) is 6.26. The predicted octanol–water partition coefficient (Wildman–Crippen LogP) is 3.68. The summed E-state index contributed by atoms with van der Waals surface area (Å²) in [6.45, 7) is 7.07. The molecule has 0 fully saturated rings. The van der Waals surface area contributed by atoms with Crippen LogP contribution in [-0.2, 0) is 4.79 Å². The van der Waals surface area contributed by atoms with Gasteiger partial charge >= 0.3 is 0 Å². The Morgan fingerprint density at radius 1 is 1.06 bits per heavy atom. The molecule has 0 radical (unpaired) electrons. The number of aryl methyl sites for hydroxylation is 1. The highest BCUT2D eigenvalue weighted by Gasteiger charge is 2.23. The smallest absolute Gasteiger partial charge is 0.266 e. The molecule has 0 saturated carbocycles. The van der Waals surface area contributed by atoms with E-state index < -0.39 is 0 Å². The van der Waals surface area contributed by atoms with Gasteiger partial charge in [0.05, 0.1) is 38.2 Å². The van der Waals surface area contributed by atoms with Crippen molar-refractivity contribution in [2.45, 2.75) is 25.9 Å². The highest BCUT2D eigenvalue weighted by Crippen LogP contribution is 2.42. The Morgan fingerprint density at radius 3 is 2.33 bits per heavy atom. The van der Waals surface area contributed by atoms with Gasteiger partial charge in [-0.05, 0) is 44.5 Å².